The van der Waals surface area contributed by atoms with Crippen molar-refractivity contribution < 1.29 is 13.9 Å². The van der Waals surface area contributed by atoms with Gasteiger partial charge in [0.25, 0.3) is 0 Å². The highest BCUT2D eigenvalue weighted by molar-refractivity contribution is 7.99. The Bertz CT molecular complexity index is 309. The minimum Gasteiger partial charge on any atom is -0.391 e. The molecule has 3 N–H and O–H groups in total. The maximum absolute atomic E-state index is 13.0. The van der Waals surface area contributed by atoms with Crippen LogP contribution in [0, 0.1) is 11.6 Å². The third-order valence-electron chi connectivity index (χ3n) is 1.60. The predicted molar refractivity (Wildman–Crippen MR) is 52.1 cm³/mol. The van der Waals surface area contributed by atoms with E-state index in [2.05, 4.69) is 0 Å². The first-order valence-corrected chi connectivity index (χ1v) is 5.08. The van der Waals surface area contributed by atoms with Crippen LogP contribution < -0.4 is 5.73 Å². The molecule has 0 fully saturated rings. The predicted octanol–water partition coefficient (Wildman–Crippen LogP) is 1.38. The van der Waals surface area contributed by atoms with Gasteiger partial charge in [-0.3, -0.25) is 0 Å². The highest BCUT2D eigenvalue weighted by Crippen LogP contribution is 2.22. The normalized spacial score (nSPS) is 12.9. The summed E-state index contributed by atoms with van der Waals surface area (Å²) in [7, 11) is 0. The third kappa shape index (κ3) is 3.25. The molecule has 1 atom stereocenters. The first kappa shape index (κ1) is 11.4. The standard InChI is InChI=1S/C9H11F2NOS/c10-6-1-2-8(11)9(3-6)14-5-7(13)4-12/h1-3,7,13H,4-5,12H2. The Hall–Kier alpha value is -0.650. The van der Waals surface area contributed by atoms with Gasteiger partial charge >= 0.3 is 0 Å². The Morgan fingerprint density at radius 1 is 1.43 bits per heavy atom. The van der Waals surface area contributed by atoms with Crippen LogP contribution in [-0.2, 0) is 0 Å². The minimum atomic E-state index is -0.692. The van der Waals surface area contributed by atoms with Crippen molar-refractivity contribution in [2.45, 2.75) is 11.0 Å². The van der Waals surface area contributed by atoms with E-state index >= 15 is 0 Å². The quantitative estimate of drug-likeness (QED) is 0.752. The highest BCUT2D eigenvalue weighted by atomic mass is 32.2. The summed E-state index contributed by atoms with van der Waals surface area (Å²) in [6.07, 6.45) is -0.692. The minimum absolute atomic E-state index is 0.115. The lowest BCUT2D eigenvalue weighted by molar-refractivity contribution is 0.208. The van der Waals surface area contributed by atoms with Crippen molar-refractivity contribution in [2.75, 3.05) is 12.3 Å². The van der Waals surface area contributed by atoms with Gasteiger partial charge < -0.3 is 10.8 Å². The van der Waals surface area contributed by atoms with Gasteiger partial charge in [-0.15, -0.1) is 11.8 Å². The van der Waals surface area contributed by atoms with E-state index in [1.807, 2.05) is 0 Å². The van der Waals surface area contributed by atoms with Gasteiger partial charge in [0.05, 0.1) is 6.10 Å². The van der Waals surface area contributed by atoms with Gasteiger partial charge in [-0.2, -0.15) is 0 Å². The van der Waals surface area contributed by atoms with Crippen molar-refractivity contribution in [3.8, 4) is 0 Å². The molecule has 0 radical (unpaired) electrons. The number of aliphatic hydroxyl groups is 1. The Labute approximate surface area is 85.1 Å². The van der Waals surface area contributed by atoms with E-state index in [0.717, 1.165) is 30.0 Å². The van der Waals surface area contributed by atoms with Crippen molar-refractivity contribution in [1.82, 2.24) is 0 Å². The largest absolute Gasteiger partial charge is 0.391 e. The second-order valence-corrected chi connectivity index (χ2v) is 3.84. The molecule has 0 saturated heterocycles. The van der Waals surface area contributed by atoms with Gasteiger partial charge in [0.1, 0.15) is 11.6 Å². The Balaban J connectivity index is 2.62. The number of rotatable bonds is 4. The highest BCUT2D eigenvalue weighted by Gasteiger charge is 2.07. The molecular weight excluding hydrogens is 208 g/mol. The lowest BCUT2D eigenvalue weighted by Gasteiger charge is -2.07. The Morgan fingerprint density at radius 2 is 2.14 bits per heavy atom. The zero-order valence-corrected chi connectivity index (χ0v) is 8.23. The summed E-state index contributed by atoms with van der Waals surface area (Å²) in [4.78, 5) is 0.192. The van der Waals surface area contributed by atoms with Crippen LogP contribution in [0.1, 0.15) is 0 Å². The second kappa shape index (κ2) is 5.29. The lowest BCUT2D eigenvalue weighted by atomic mass is 10.3. The number of halogens is 2. The van der Waals surface area contributed by atoms with Gasteiger partial charge in [-0.05, 0) is 18.2 Å². The van der Waals surface area contributed by atoms with Crippen molar-refractivity contribution in [3.05, 3.63) is 29.8 Å². The Kier molecular flexibility index (Phi) is 4.31. The number of hydrogen-bond donors (Lipinski definition) is 2. The van der Waals surface area contributed by atoms with Crippen LogP contribution in [0.3, 0.4) is 0 Å². The molecule has 0 spiro atoms. The maximum atomic E-state index is 13.0. The van der Waals surface area contributed by atoms with Crippen LogP contribution in [-0.4, -0.2) is 23.5 Å². The van der Waals surface area contributed by atoms with Crippen LogP contribution in [0.2, 0.25) is 0 Å². The van der Waals surface area contributed by atoms with E-state index in [-0.39, 0.29) is 17.2 Å². The summed E-state index contributed by atoms with van der Waals surface area (Å²) in [6, 6.07) is 3.22. The smallest absolute Gasteiger partial charge is 0.136 e. The molecule has 1 aromatic rings. The topological polar surface area (TPSA) is 46.2 Å². The molecule has 2 nitrogen and oxygen atoms in total. The molecule has 1 unspecified atom stereocenters. The van der Waals surface area contributed by atoms with Crippen molar-refractivity contribution in [2.24, 2.45) is 5.73 Å². The summed E-state index contributed by atoms with van der Waals surface area (Å²) < 4.78 is 25.7. The first-order chi connectivity index (χ1) is 6.63. The van der Waals surface area contributed by atoms with Crippen LogP contribution in [0.15, 0.2) is 23.1 Å². The number of hydrogen-bond acceptors (Lipinski definition) is 3. The van der Waals surface area contributed by atoms with Crippen molar-refractivity contribution in [3.63, 3.8) is 0 Å². The SMILES string of the molecule is NCC(O)CSc1cc(F)ccc1F. The molecule has 0 saturated carbocycles. The summed E-state index contributed by atoms with van der Waals surface area (Å²) in [5.41, 5.74) is 5.17. The molecule has 0 aliphatic heterocycles. The molecule has 0 bridgehead atoms. The monoisotopic (exact) mass is 219 g/mol. The molecule has 0 aliphatic carbocycles. The average molecular weight is 219 g/mol. The van der Waals surface area contributed by atoms with E-state index < -0.39 is 17.7 Å². The van der Waals surface area contributed by atoms with Crippen LogP contribution in [0.5, 0.6) is 0 Å². The van der Waals surface area contributed by atoms with Gasteiger partial charge in [0, 0.05) is 17.2 Å². The maximum Gasteiger partial charge on any atom is 0.136 e. The van der Waals surface area contributed by atoms with E-state index in [4.69, 9.17) is 10.8 Å². The summed E-state index contributed by atoms with van der Waals surface area (Å²) >= 11 is 1.05. The van der Waals surface area contributed by atoms with E-state index in [1.54, 1.807) is 0 Å². The van der Waals surface area contributed by atoms with E-state index in [0.29, 0.717) is 0 Å². The summed E-state index contributed by atoms with van der Waals surface area (Å²) in [5.74, 6) is -0.714. The fourth-order valence-electron chi connectivity index (χ4n) is 0.842. The molecule has 5 heteroatoms. The van der Waals surface area contributed by atoms with Crippen LogP contribution in [0.4, 0.5) is 8.78 Å². The van der Waals surface area contributed by atoms with Crippen LogP contribution in [0.25, 0.3) is 0 Å². The number of thioether (sulfide) groups is 1. The van der Waals surface area contributed by atoms with Crippen molar-refractivity contribution >= 4 is 11.8 Å². The van der Waals surface area contributed by atoms with Gasteiger partial charge in [0.2, 0.25) is 0 Å². The van der Waals surface area contributed by atoms with Crippen LogP contribution >= 0.6 is 11.8 Å². The molecular formula is C9H11F2NOS. The summed E-state index contributed by atoms with van der Waals surface area (Å²) in [6.45, 7) is 0.115. The number of nitrogens with two attached hydrogens (primary N) is 1. The molecule has 0 aliphatic rings. The number of aliphatic hydroxyl groups excluding tert-OH is 1. The Morgan fingerprint density at radius 3 is 2.79 bits per heavy atom. The van der Waals surface area contributed by atoms with Gasteiger partial charge in [-0.25, -0.2) is 8.78 Å². The molecule has 0 heterocycles. The number of benzene rings is 1. The molecule has 0 aromatic heterocycles. The molecule has 0 amide bonds. The first-order valence-electron chi connectivity index (χ1n) is 4.09. The van der Waals surface area contributed by atoms with Gasteiger partial charge in [0.15, 0.2) is 0 Å². The average Bonchev–Trinajstić information content (AvgIpc) is 2.19. The van der Waals surface area contributed by atoms with Gasteiger partial charge in [-0.1, -0.05) is 0 Å². The third-order valence-corrected chi connectivity index (χ3v) is 2.77. The van der Waals surface area contributed by atoms with E-state index in [9.17, 15) is 8.78 Å². The summed E-state index contributed by atoms with van der Waals surface area (Å²) in [5, 5.41) is 9.12. The zero-order valence-electron chi connectivity index (χ0n) is 7.41. The lowest BCUT2D eigenvalue weighted by Crippen LogP contribution is -2.21. The molecule has 1 aromatic carbocycles. The van der Waals surface area contributed by atoms with E-state index in [1.165, 1.54) is 0 Å². The fraction of sp³-hybridized carbons (Fsp3) is 0.333. The molecule has 14 heavy (non-hydrogen) atoms. The molecule has 78 valence electrons. The zero-order chi connectivity index (χ0) is 10.6. The second-order valence-electron chi connectivity index (χ2n) is 2.78. The fourth-order valence-corrected chi connectivity index (χ4v) is 1.75. The molecule has 1 rings (SSSR count). The van der Waals surface area contributed by atoms with Crippen molar-refractivity contribution in [1.29, 1.82) is 0 Å².